The SMILES string of the molecule is O=C(CCCc1ccccc1)OBr. The smallest absolute Gasteiger partial charge is 0.317 e. The molecular formula is C10H11BrO2. The second-order valence-corrected chi connectivity index (χ2v) is 3.11. The molecule has 0 saturated carbocycles. The van der Waals surface area contributed by atoms with E-state index >= 15 is 0 Å². The Morgan fingerprint density at radius 1 is 1.31 bits per heavy atom. The Kier molecular flexibility index (Phi) is 4.54. The molecule has 1 aromatic rings. The van der Waals surface area contributed by atoms with Gasteiger partial charge in [0.15, 0.2) is 16.3 Å². The third kappa shape index (κ3) is 4.08. The van der Waals surface area contributed by atoms with Gasteiger partial charge < -0.3 is 3.83 Å². The van der Waals surface area contributed by atoms with Crippen LogP contribution < -0.4 is 0 Å². The fourth-order valence-corrected chi connectivity index (χ4v) is 1.28. The normalized spacial score (nSPS) is 9.62. The van der Waals surface area contributed by atoms with Gasteiger partial charge in [-0.15, -0.1) is 0 Å². The van der Waals surface area contributed by atoms with Crippen LogP contribution in [0.5, 0.6) is 0 Å². The van der Waals surface area contributed by atoms with Gasteiger partial charge >= 0.3 is 5.97 Å². The second kappa shape index (κ2) is 5.75. The molecule has 3 heteroatoms. The summed E-state index contributed by atoms with van der Waals surface area (Å²) in [6.45, 7) is 0. The Morgan fingerprint density at radius 2 is 2.00 bits per heavy atom. The third-order valence-electron chi connectivity index (χ3n) is 1.78. The van der Waals surface area contributed by atoms with E-state index in [1.807, 2.05) is 18.2 Å². The monoisotopic (exact) mass is 242 g/mol. The Morgan fingerprint density at radius 3 is 2.62 bits per heavy atom. The Hall–Kier alpha value is -0.830. The molecule has 0 aliphatic carbocycles. The molecule has 0 saturated heterocycles. The lowest BCUT2D eigenvalue weighted by Gasteiger charge is -1.98. The summed E-state index contributed by atoms with van der Waals surface area (Å²) in [5, 5.41) is 0. The highest BCUT2D eigenvalue weighted by molar-refractivity contribution is 9.06. The van der Waals surface area contributed by atoms with E-state index in [1.165, 1.54) is 5.56 Å². The third-order valence-corrected chi connectivity index (χ3v) is 2.14. The molecule has 0 aliphatic heterocycles. The molecule has 70 valence electrons. The summed E-state index contributed by atoms with van der Waals surface area (Å²) in [7, 11) is 0. The molecule has 0 aromatic heterocycles. The van der Waals surface area contributed by atoms with Crippen LogP contribution in [-0.2, 0) is 15.0 Å². The van der Waals surface area contributed by atoms with Crippen molar-refractivity contribution < 1.29 is 8.62 Å². The summed E-state index contributed by atoms with van der Waals surface area (Å²) in [6, 6.07) is 10.1. The van der Waals surface area contributed by atoms with Gasteiger partial charge in [-0.1, -0.05) is 30.3 Å². The predicted molar refractivity (Wildman–Crippen MR) is 54.4 cm³/mol. The molecule has 0 fully saturated rings. The Bertz CT molecular complexity index is 259. The highest BCUT2D eigenvalue weighted by Gasteiger charge is 2.00. The summed E-state index contributed by atoms with van der Waals surface area (Å²) in [4.78, 5) is 10.7. The molecule has 0 heterocycles. The molecule has 0 atom stereocenters. The van der Waals surface area contributed by atoms with Crippen LogP contribution in [0.3, 0.4) is 0 Å². The van der Waals surface area contributed by atoms with Crippen molar-refractivity contribution in [3.05, 3.63) is 35.9 Å². The molecule has 0 N–H and O–H groups in total. The first-order valence-corrected chi connectivity index (χ1v) is 4.83. The van der Waals surface area contributed by atoms with E-state index in [-0.39, 0.29) is 5.97 Å². The first-order chi connectivity index (χ1) is 6.33. The fraction of sp³-hybridized carbons (Fsp3) is 0.300. The molecule has 0 aliphatic rings. The van der Waals surface area contributed by atoms with Crippen molar-refractivity contribution in [1.82, 2.24) is 0 Å². The predicted octanol–water partition coefficient (Wildman–Crippen LogP) is 2.86. The van der Waals surface area contributed by atoms with E-state index in [9.17, 15) is 4.79 Å². The first kappa shape index (κ1) is 10.3. The maximum absolute atomic E-state index is 10.7. The minimum Gasteiger partial charge on any atom is -0.384 e. The molecule has 0 radical (unpaired) electrons. The molecule has 1 rings (SSSR count). The number of carbonyl (C=O) groups is 1. The minimum atomic E-state index is -0.212. The van der Waals surface area contributed by atoms with E-state index in [2.05, 4.69) is 32.2 Å². The highest BCUT2D eigenvalue weighted by Crippen LogP contribution is 2.05. The topological polar surface area (TPSA) is 26.3 Å². The maximum Gasteiger partial charge on any atom is 0.317 e. The molecule has 0 unspecified atom stereocenters. The van der Waals surface area contributed by atoms with Gasteiger partial charge in [0.1, 0.15) is 0 Å². The minimum absolute atomic E-state index is 0.212. The van der Waals surface area contributed by atoms with Crippen molar-refractivity contribution in [2.75, 3.05) is 0 Å². The maximum atomic E-state index is 10.7. The van der Waals surface area contributed by atoms with E-state index in [1.54, 1.807) is 0 Å². The lowest BCUT2D eigenvalue weighted by Crippen LogP contribution is -1.97. The number of halogens is 1. The van der Waals surface area contributed by atoms with E-state index < -0.39 is 0 Å². The standard InChI is InChI=1S/C10H11BrO2/c11-13-10(12)8-4-7-9-5-2-1-3-6-9/h1-3,5-6H,4,7-8H2. The van der Waals surface area contributed by atoms with Crippen LogP contribution >= 0.6 is 16.3 Å². The van der Waals surface area contributed by atoms with Crippen LogP contribution in [0.25, 0.3) is 0 Å². The van der Waals surface area contributed by atoms with Gasteiger partial charge in [-0.25, -0.2) is 0 Å². The van der Waals surface area contributed by atoms with Gasteiger partial charge in [0.2, 0.25) is 0 Å². The van der Waals surface area contributed by atoms with Crippen LogP contribution in [0.4, 0.5) is 0 Å². The Labute approximate surface area is 86.4 Å². The summed E-state index contributed by atoms with van der Waals surface area (Å²) in [6.07, 6.45) is 2.21. The van der Waals surface area contributed by atoms with Crippen molar-refractivity contribution in [1.29, 1.82) is 0 Å². The highest BCUT2D eigenvalue weighted by atomic mass is 79.9. The van der Waals surface area contributed by atoms with Crippen molar-refractivity contribution >= 4 is 22.2 Å². The van der Waals surface area contributed by atoms with E-state index in [0.29, 0.717) is 6.42 Å². The average Bonchev–Trinajstić information content (AvgIpc) is 2.19. The fourth-order valence-electron chi connectivity index (χ4n) is 1.12. The van der Waals surface area contributed by atoms with Gasteiger partial charge in [0.25, 0.3) is 0 Å². The summed E-state index contributed by atoms with van der Waals surface area (Å²) >= 11 is 2.65. The van der Waals surface area contributed by atoms with Gasteiger partial charge in [-0.3, -0.25) is 4.79 Å². The number of aryl methyl sites for hydroxylation is 1. The zero-order valence-electron chi connectivity index (χ0n) is 7.20. The van der Waals surface area contributed by atoms with Gasteiger partial charge in [0.05, 0.1) is 0 Å². The zero-order chi connectivity index (χ0) is 9.52. The Balaban J connectivity index is 2.24. The van der Waals surface area contributed by atoms with Gasteiger partial charge in [-0.2, -0.15) is 0 Å². The molecule has 0 spiro atoms. The van der Waals surface area contributed by atoms with Crippen molar-refractivity contribution in [3.63, 3.8) is 0 Å². The zero-order valence-corrected chi connectivity index (χ0v) is 8.79. The van der Waals surface area contributed by atoms with Gasteiger partial charge in [-0.05, 0) is 18.4 Å². The number of rotatable bonds is 4. The summed E-state index contributed by atoms with van der Waals surface area (Å²) in [5.41, 5.74) is 1.25. The molecule has 13 heavy (non-hydrogen) atoms. The number of carbonyl (C=O) groups excluding carboxylic acids is 1. The molecular weight excluding hydrogens is 232 g/mol. The largest absolute Gasteiger partial charge is 0.384 e. The van der Waals surface area contributed by atoms with Crippen LogP contribution in [0, 0.1) is 0 Å². The molecule has 2 nitrogen and oxygen atoms in total. The number of hydrogen-bond acceptors (Lipinski definition) is 2. The van der Waals surface area contributed by atoms with Crippen molar-refractivity contribution in [2.24, 2.45) is 0 Å². The number of hydrogen-bond donors (Lipinski definition) is 0. The summed E-state index contributed by atoms with van der Waals surface area (Å²) < 4.78 is 4.36. The van der Waals surface area contributed by atoms with Crippen LogP contribution in [0.2, 0.25) is 0 Å². The quantitative estimate of drug-likeness (QED) is 0.812. The van der Waals surface area contributed by atoms with Crippen LogP contribution in [0.15, 0.2) is 30.3 Å². The number of benzene rings is 1. The van der Waals surface area contributed by atoms with Crippen LogP contribution in [0.1, 0.15) is 18.4 Å². The second-order valence-electron chi connectivity index (χ2n) is 2.79. The summed E-state index contributed by atoms with van der Waals surface area (Å²) in [5.74, 6) is -0.212. The average molecular weight is 243 g/mol. The van der Waals surface area contributed by atoms with Crippen LogP contribution in [-0.4, -0.2) is 5.97 Å². The van der Waals surface area contributed by atoms with Gasteiger partial charge in [0, 0.05) is 6.42 Å². The lowest BCUT2D eigenvalue weighted by molar-refractivity contribution is -0.132. The lowest BCUT2D eigenvalue weighted by atomic mass is 10.1. The van der Waals surface area contributed by atoms with Crippen molar-refractivity contribution in [2.45, 2.75) is 19.3 Å². The molecule has 0 bridgehead atoms. The first-order valence-electron chi connectivity index (χ1n) is 4.18. The van der Waals surface area contributed by atoms with Crippen molar-refractivity contribution in [3.8, 4) is 0 Å². The molecule has 1 aromatic carbocycles. The van der Waals surface area contributed by atoms with E-state index in [4.69, 9.17) is 0 Å². The molecule has 0 amide bonds. The van der Waals surface area contributed by atoms with E-state index in [0.717, 1.165) is 12.8 Å².